The highest BCUT2D eigenvalue weighted by atomic mass is 35.5. The molecule has 3 heterocycles. The van der Waals surface area contributed by atoms with E-state index >= 15 is 0 Å². The number of pyridine rings is 1. The number of fused-ring (bicyclic) bond motifs is 3. The van der Waals surface area contributed by atoms with Crippen molar-refractivity contribution in [3.05, 3.63) is 34.3 Å². The number of hydrogen-bond acceptors (Lipinski definition) is 3. The van der Waals surface area contributed by atoms with Crippen molar-refractivity contribution in [3.8, 4) is 0 Å². The zero-order chi connectivity index (χ0) is 11.3. The second-order valence-corrected chi connectivity index (χ2v) is 4.71. The van der Waals surface area contributed by atoms with Gasteiger partial charge in [-0.2, -0.15) is 0 Å². The Balaban J connectivity index is 2.43. The van der Waals surface area contributed by atoms with Crippen LogP contribution in [0.3, 0.4) is 0 Å². The third-order valence-electron chi connectivity index (χ3n) is 2.29. The van der Waals surface area contributed by atoms with Crippen LogP contribution in [0.5, 0.6) is 0 Å². The lowest BCUT2D eigenvalue weighted by Gasteiger charge is -1.94. The molecule has 3 aromatic rings. The molecular weight excluding hydrogens is 248 g/mol. The minimum Gasteiger partial charge on any atom is -0.477 e. The molecule has 3 aromatic heterocycles. The van der Waals surface area contributed by atoms with Crippen molar-refractivity contribution in [1.29, 1.82) is 0 Å². The van der Waals surface area contributed by atoms with Gasteiger partial charge >= 0.3 is 5.97 Å². The Morgan fingerprint density at radius 3 is 3.12 bits per heavy atom. The predicted molar refractivity (Wildman–Crippen MR) is 62.5 cm³/mol. The SMILES string of the molecule is O=C(O)c1cc2c(nc3c(Cl)cccn32)s1. The van der Waals surface area contributed by atoms with E-state index in [1.54, 1.807) is 22.6 Å². The van der Waals surface area contributed by atoms with Gasteiger partial charge in [-0.15, -0.1) is 11.3 Å². The monoisotopic (exact) mass is 252 g/mol. The number of thiophene rings is 1. The van der Waals surface area contributed by atoms with Crippen molar-refractivity contribution >= 4 is 44.9 Å². The minimum absolute atomic E-state index is 0.284. The van der Waals surface area contributed by atoms with E-state index in [-0.39, 0.29) is 4.88 Å². The van der Waals surface area contributed by atoms with E-state index < -0.39 is 5.97 Å². The first kappa shape index (κ1) is 9.62. The van der Waals surface area contributed by atoms with Gasteiger partial charge in [0.2, 0.25) is 0 Å². The van der Waals surface area contributed by atoms with Crippen LogP contribution in [-0.2, 0) is 0 Å². The van der Waals surface area contributed by atoms with Crippen molar-refractivity contribution in [2.24, 2.45) is 0 Å². The molecule has 0 unspecified atom stereocenters. The summed E-state index contributed by atoms with van der Waals surface area (Å²) in [7, 11) is 0. The number of carboxylic acid groups (broad SMARTS) is 1. The molecule has 0 radical (unpaired) electrons. The van der Waals surface area contributed by atoms with E-state index in [2.05, 4.69) is 4.98 Å². The standard InChI is InChI=1S/C10H5ClN2O2S/c11-5-2-1-3-13-6-4-7(10(14)15)16-9(6)12-8(5)13/h1-4H,(H,14,15). The largest absolute Gasteiger partial charge is 0.477 e. The van der Waals surface area contributed by atoms with Gasteiger partial charge in [0.05, 0.1) is 10.5 Å². The number of aromatic carboxylic acids is 1. The van der Waals surface area contributed by atoms with Crippen molar-refractivity contribution in [2.45, 2.75) is 0 Å². The van der Waals surface area contributed by atoms with Gasteiger partial charge in [0.1, 0.15) is 9.71 Å². The van der Waals surface area contributed by atoms with E-state index in [9.17, 15) is 4.79 Å². The van der Waals surface area contributed by atoms with Gasteiger partial charge in [0.25, 0.3) is 0 Å². The molecule has 3 rings (SSSR count). The molecule has 0 aromatic carbocycles. The van der Waals surface area contributed by atoms with Gasteiger partial charge in [0, 0.05) is 6.20 Å². The lowest BCUT2D eigenvalue weighted by Crippen LogP contribution is -1.90. The van der Waals surface area contributed by atoms with Crippen LogP contribution >= 0.6 is 22.9 Å². The quantitative estimate of drug-likeness (QED) is 0.725. The topological polar surface area (TPSA) is 54.6 Å². The molecule has 0 fully saturated rings. The lowest BCUT2D eigenvalue weighted by molar-refractivity contribution is 0.0702. The van der Waals surface area contributed by atoms with Crippen LogP contribution in [-0.4, -0.2) is 20.5 Å². The number of nitrogens with zero attached hydrogens (tertiary/aromatic N) is 2. The molecule has 0 atom stereocenters. The molecule has 0 aliphatic carbocycles. The van der Waals surface area contributed by atoms with Crippen LogP contribution < -0.4 is 0 Å². The summed E-state index contributed by atoms with van der Waals surface area (Å²) in [6.07, 6.45) is 1.81. The van der Waals surface area contributed by atoms with Crippen LogP contribution in [0.2, 0.25) is 5.02 Å². The molecule has 0 spiro atoms. The van der Waals surface area contributed by atoms with Crippen molar-refractivity contribution in [2.75, 3.05) is 0 Å². The average molecular weight is 253 g/mol. The Labute approximate surface area is 98.7 Å². The van der Waals surface area contributed by atoms with Crippen LogP contribution in [0.15, 0.2) is 24.4 Å². The second kappa shape index (κ2) is 3.20. The fourth-order valence-corrected chi connectivity index (χ4v) is 2.67. The summed E-state index contributed by atoms with van der Waals surface area (Å²) in [5, 5.41) is 9.44. The highest BCUT2D eigenvalue weighted by molar-refractivity contribution is 7.20. The Hall–Kier alpha value is -1.59. The number of imidazole rings is 1. The van der Waals surface area contributed by atoms with Gasteiger partial charge in [-0.25, -0.2) is 9.78 Å². The zero-order valence-electron chi connectivity index (χ0n) is 7.85. The van der Waals surface area contributed by atoms with Crippen LogP contribution in [0.1, 0.15) is 9.67 Å². The Bertz CT molecular complexity index is 716. The van der Waals surface area contributed by atoms with Gasteiger partial charge in [-0.05, 0) is 18.2 Å². The van der Waals surface area contributed by atoms with Crippen LogP contribution in [0.25, 0.3) is 16.0 Å². The highest BCUT2D eigenvalue weighted by Gasteiger charge is 2.14. The van der Waals surface area contributed by atoms with Crippen molar-refractivity contribution in [1.82, 2.24) is 9.38 Å². The van der Waals surface area contributed by atoms with E-state index in [4.69, 9.17) is 16.7 Å². The number of carboxylic acids is 1. The summed E-state index contributed by atoms with van der Waals surface area (Å²) in [5.74, 6) is -0.932. The summed E-state index contributed by atoms with van der Waals surface area (Å²) in [6.45, 7) is 0. The van der Waals surface area contributed by atoms with E-state index in [0.29, 0.717) is 15.5 Å². The molecular formula is C10H5ClN2O2S. The fourth-order valence-electron chi connectivity index (χ4n) is 1.60. The zero-order valence-corrected chi connectivity index (χ0v) is 9.42. The maximum Gasteiger partial charge on any atom is 0.346 e. The highest BCUT2D eigenvalue weighted by Crippen LogP contribution is 2.28. The molecule has 16 heavy (non-hydrogen) atoms. The number of aromatic nitrogens is 2. The molecule has 4 nitrogen and oxygen atoms in total. The Kier molecular flexibility index (Phi) is 1.92. The average Bonchev–Trinajstić information content (AvgIpc) is 2.76. The Morgan fingerprint density at radius 1 is 1.56 bits per heavy atom. The summed E-state index contributed by atoms with van der Waals surface area (Å²) >= 11 is 7.14. The summed E-state index contributed by atoms with van der Waals surface area (Å²) in [5.41, 5.74) is 1.43. The molecule has 6 heteroatoms. The lowest BCUT2D eigenvalue weighted by atomic mass is 10.4. The molecule has 0 saturated heterocycles. The fraction of sp³-hybridized carbons (Fsp3) is 0. The summed E-state index contributed by atoms with van der Waals surface area (Å²) in [6, 6.07) is 5.17. The first-order valence-electron chi connectivity index (χ1n) is 4.46. The Morgan fingerprint density at radius 2 is 2.38 bits per heavy atom. The molecule has 0 aliphatic rings. The first-order valence-corrected chi connectivity index (χ1v) is 5.65. The van der Waals surface area contributed by atoms with Crippen molar-refractivity contribution in [3.63, 3.8) is 0 Å². The molecule has 80 valence electrons. The van der Waals surface area contributed by atoms with Gasteiger partial charge < -0.3 is 5.11 Å². The second-order valence-electron chi connectivity index (χ2n) is 3.27. The number of rotatable bonds is 1. The van der Waals surface area contributed by atoms with Crippen LogP contribution in [0, 0.1) is 0 Å². The van der Waals surface area contributed by atoms with Gasteiger partial charge in [-0.1, -0.05) is 11.6 Å². The molecule has 0 bridgehead atoms. The maximum absolute atomic E-state index is 10.8. The maximum atomic E-state index is 10.8. The third kappa shape index (κ3) is 1.22. The normalized spacial score (nSPS) is 11.3. The molecule has 0 aliphatic heterocycles. The van der Waals surface area contributed by atoms with Crippen molar-refractivity contribution < 1.29 is 9.90 Å². The smallest absolute Gasteiger partial charge is 0.346 e. The summed E-state index contributed by atoms with van der Waals surface area (Å²) < 4.78 is 1.79. The molecule has 0 saturated carbocycles. The minimum atomic E-state index is -0.932. The van der Waals surface area contributed by atoms with Crippen LogP contribution in [0.4, 0.5) is 0 Å². The van der Waals surface area contributed by atoms with E-state index in [1.165, 1.54) is 0 Å². The molecule has 0 amide bonds. The number of halogens is 1. The third-order valence-corrected chi connectivity index (χ3v) is 3.59. The number of hydrogen-bond donors (Lipinski definition) is 1. The summed E-state index contributed by atoms with van der Waals surface area (Å²) in [4.78, 5) is 16.1. The predicted octanol–water partition coefficient (Wildman–Crippen LogP) is 2.90. The van der Waals surface area contributed by atoms with Gasteiger partial charge in [0.15, 0.2) is 5.65 Å². The van der Waals surface area contributed by atoms with E-state index in [1.807, 2.05) is 6.20 Å². The van der Waals surface area contributed by atoms with E-state index in [0.717, 1.165) is 16.9 Å². The number of carbonyl (C=O) groups is 1. The molecule has 1 N–H and O–H groups in total. The van der Waals surface area contributed by atoms with Gasteiger partial charge in [-0.3, -0.25) is 4.40 Å². The first-order chi connectivity index (χ1) is 7.66.